The Morgan fingerprint density at radius 3 is 2.48 bits per heavy atom. The molecule has 1 aromatic carbocycles. The number of sulfone groups is 1. The van der Waals surface area contributed by atoms with Crippen LogP contribution in [0.25, 0.3) is 0 Å². The second-order valence-electron chi connectivity index (χ2n) is 5.57. The maximum Gasteiger partial charge on any atom is 0.243 e. The zero-order valence-corrected chi connectivity index (χ0v) is 13.9. The van der Waals surface area contributed by atoms with E-state index in [-0.39, 0.29) is 29.9 Å². The van der Waals surface area contributed by atoms with Gasteiger partial charge in [-0.05, 0) is 30.7 Å². The van der Waals surface area contributed by atoms with Gasteiger partial charge >= 0.3 is 0 Å². The van der Waals surface area contributed by atoms with Crippen LogP contribution in [0, 0.1) is 5.92 Å². The van der Waals surface area contributed by atoms with Crippen LogP contribution in [0.1, 0.15) is 6.42 Å². The number of hydrogen-bond acceptors (Lipinski definition) is 5. The summed E-state index contributed by atoms with van der Waals surface area (Å²) < 4.78 is 27.9. The SMILES string of the molecule is COc1ccc(NC(=O)CN(C)C(=O)C2CCS(=O)(=O)C2)cc1. The van der Waals surface area contributed by atoms with Gasteiger partial charge in [0.15, 0.2) is 9.84 Å². The topological polar surface area (TPSA) is 92.8 Å². The van der Waals surface area contributed by atoms with Gasteiger partial charge in [0.05, 0.1) is 31.1 Å². The van der Waals surface area contributed by atoms with Crippen molar-refractivity contribution in [2.75, 3.05) is 37.5 Å². The number of anilines is 1. The molecule has 23 heavy (non-hydrogen) atoms. The fourth-order valence-electron chi connectivity index (χ4n) is 2.47. The number of nitrogens with one attached hydrogen (secondary N) is 1. The number of benzene rings is 1. The normalized spacial score (nSPS) is 19.1. The molecule has 126 valence electrons. The Balaban J connectivity index is 1.87. The Bertz CT molecular complexity index is 684. The molecule has 1 N–H and O–H groups in total. The highest BCUT2D eigenvalue weighted by molar-refractivity contribution is 7.91. The molecule has 2 rings (SSSR count). The maximum atomic E-state index is 12.2. The van der Waals surface area contributed by atoms with E-state index in [9.17, 15) is 18.0 Å². The van der Waals surface area contributed by atoms with Gasteiger partial charge in [0, 0.05) is 12.7 Å². The molecule has 2 amide bonds. The number of ether oxygens (including phenoxy) is 1. The Labute approximate surface area is 135 Å². The van der Waals surface area contributed by atoms with Crippen molar-refractivity contribution in [1.29, 1.82) is 0 Å². The van der Waals surface area contributed by atoms with E-state index in [1.165, 1.54) is 11.9 Å². The predicted octanol–water partition coefficient (Wildman–Crippen LogP) is 0.527. The van der Waals surface area contributed by atoms with Crippen molar-refractivity contribution in [2.45, 2.75) is 6.42 Å². The number of carbonyl (C=O) groups is 2. The van der Waals surface area contributed by atoms with E-state index >= 15 is 0 Å². The lowest BCUT2D eigenvalue weighted by Crippen LogP contribution is -2.39. The molecule has 7 nitrogen and oxygen atoms in total. The summed E-state index contributed by atoms with van der Waals surface area (Å²) in [6.07, 6.45) is 0.325. The van der Waals surface area contributed by atoms with E-state index in [2.05, 4.69) is 5.32 Å². The lowest BCUT2D eigenvalue weighted by molar-refractivity contribution is -0.136. The van der Waals surface area contributed by atoms with Crippen molar-refractivity contribution in [3.63, 3.8) is 0 Å². The van der Waals surface area contributed by atoms with Crippen LogP contribution in [0.5, 0.6) is 5.75 Å². The minimum Gasteiger partial charge on any atom is -0.497 e. The van der Waals surface area contributed by atoms with Gasteiger partial charge in [-0.25, -0.2) is 8.42 Å². The molecular weight excluding hydrogens is 320 g/mol. The molecular formula is C15H20N2O5S. The predicted molar refractivity (Wildman–Crippen MR) is 86.0 cm³/mol. The molecule has 1 saturated heterocycles. The van der Waals surface area contributed by atoms with Crippen LogP contribution < -0.4 is 10.1 Å². The molecule has 1 unspecified atom stereocenters. The number of nitrogens with zero attached hydrogens (tertiary/aromatic N) is 1. The molecule has 0 radical (unpaired) electrons. The Morgan fingerprint density at radius 1 is 1.30 bits per heavy atom. The Hall–Kier alpha value is -2.09. The molecule has 1 aliphatic heterocycles. The minimum atomic E-state index is -3.12. The van der Waals surface area contributed by atoms with Gasteiger partial charge < -0.3 is 15.0 Å². The van der Waals surface area contributed by atoms with Crippen LogP contribution in [0.2, 0.25) is 0 Å². The molecule has 0 bridgehead atoms. The van der Waals surface area contributed by atoms with Gasteiger partial charge in [0.1, 0.15) is 5.75 Å². The summed E-state index contributed by atoms with van der Waals surface area (Å²) in [7, 11) is -0.0637. The van der Waals surface area contributed by atoms with E-state index in [1.54, 1.807) is 31.4 Å². The molecule has 1 fully saturated rings. The van der Waals surface area contributed by atoms with Gasteiger partial charge in [-0.15, -0.1) is 0 Å². The molecule has 8 heteroatoms. The van der Waals surface area contributed by atoms with Gasteiger partial charge in [-0.2, -0.15) is 0 Å². The van der Waals surface area contributed by atoms with Crippen molar-refractivity contribution in [1.82, 2.24) is 4.90 Å². The van der Waals surface area contributed by atoms with E-state index < -0.39 is 15.8 Å². The molecule has 0 saturated carbocycles. The zero-order chi connectivity index (χ0) is 17.0. The smallest absolute Gasteiger partial charge is 0.243 e. The second-order valence-corrected chi connectivity index (χ2v) is 7.80. The lowest BCUT2D eigenvalue weighted by Gasteiger charge is -2.19. The third-order valence-corrected chi connectivity index (χ3v) is 5.48. The van der Waals surface area contributed by atoms with E-state index in [1.807, 2.05) is 0 Å². The average molecular weight is 340 g/mol. The van der Waals surface area contributed by atoms with E-state index in [0.29, 0.717) is 17.9 Å². The summed E-state index contributed by atoms with van der Waals surface area (Å²) in [5, 5.41) is 2.68. The summed E-state index contributed by atoms with van der Waals surface area (Å²) in [4.78, 5) is 25.4. The van der Waals surface area contributed by atoms with Crippen LogP contribution >= 0.6 is 0 Å². The van der Waals surface area contributed by atoms with Crippen LogP contribution in [0.3, 0.4) is 0 Å². The lowest BCUT2D eigenvalue weighted by atomic mass is 10.1. The quantitative estimate of drug-likeness (QED) is 0.844. The number of methoxy groups -OCH3 is 1. The first-order valence-corrected chi connectivity index (χ1v) is 9.02. The first-order valence-electron chi connectivity index (χ1n) is 7.20. The summed E-state index contributed by atoms with van der Waals surface area (Å²) in [5.74, 6) is -0.606. The number of rotatable bonds is 5. The van der Waals surface area contributed by atoms with Gasteiger partial charge in [0.2, 0.25) is 11.8 Å². The monoisotopic (exact) mass is 340 g/mol. The highest BCUT2D eigenvalue weighted by Crippen LogP contribution is 2.20. The van der Waals surface area contributed by atoms with Crippen molar-refractivity contribution < 1.29 is 22.7 Å². The number of amides is 2. The van der Waals surface area contributed by atoms with E-state index in [0.717, 1.165) is 0 Å². The third kappa shape index (κ3) is 4.69. The molecule has 1 atom stereocenters. The molecule has 1 aliphatic rings. The molecule has 0 aliphatic carbocycles. The van der Waals surface area contributed by atoms with Crippen LogP contribution in [-0.2, 0) is 19.4 Å². The van der Waals surface area contributed by atoms with E-state index in [4.69, 9.17) is 4.74 Å². The van der Waals surface area contributed by atoms with Gasteiger partial charge in [-0.3, -0.25) is 9.59 Å². The summed E-state index contributed by atoms with van der Waals surface area (Å²) in [5.41, 5.74) is 0.597. The van der Waals surface area contributed by atoms with Crippen LogP contribution in [0.4, 0.5) is 5.69 Å². The highest BCUT2D eigenvalue weighted by Gasteiger charge is 2.34. The summed E-state index contributed by atoms with van der Waals surface area (Å²) >= 11 is 0. The zero-order valence-electron chi connectivity index (χ0n) is 13.1. The summed E-state index contributed by atoms with van der Waals surface area (Å²) in [6.45, 7) is -0.124. The Morgan fingerprint density at radius 2 is 1.96 bits per heavy atom. The van der Waals surface area contributed by atoms with Gasteiger partial charge in [-0.1, -0.05) is 0 Å². The fourth-order valence-corrected chi connectivity index (χ4v) is 4.20. The first-order chi connectivity index (χ1) is 10.8. The average Bonchev–Trinajstić information content (AvgIpc) is 2.87. The summed E-state index contributed by atoms with van der Waals surface area (Å²) in [6, 6.07) is 6.83. The molecule has 1 heterocycles. The maximum absolute atomic E-state index is 12.2. The van der Waals surface area contributed by atoms with Crippen LogP contribution in [-0.4, -0.2) is 57.3 Å². The molecule has 1 aromatic rings. The van der Waals surface area contributed by atoms with Crippen molar-refractivity contribution in [3.05, 3.63) is 24.3 Å². The second kappa shape index (κ2) is 6.99. The van der Waals surface area contributed by atoms with Gasteiger partial charge in [0.25, 0.3) is 0 Å². The van der Waals surface area contributed by atoms with Crippen molar-refractivity contribution in [3.8, 4) is 5.75 Å². The Kier molecular flexibility index (Phi) is 5.25. The number of carbonyl (C=O) groups excluding carboxylic acids is 2. The minimum absolute atomic E-state index is 0.0370. The molecule has 0 aromatic heterocycles. The fraction of sp³-hybridized carbons (Fsp3) is 0.467. The standard InChI is InChI=1S/C15H20N2O5S/c1-17(15(19)11-7-8-23(20,21)10-11)9-14(18)16-12-3-5-13(22-2)6-4-12/h3-6,11H,7-10H2,1-2H3,(H,16,18). The van der Waals surface area contributed by atoms with Crippen molar-refractivity contribution in [2.24, 2.45) is 5.92 Å². The number of hydrogen-bond donors (Lipinski definition) is 1. The van der Waals surface area contributed by atoms with Crippen molar-refractivity contribution >= 4 is 27.3 Å². The highest BCUT2D eigenvalue weighted by atomic mass is 32.2. The number of likely N-dealkylation sites (N-methyl/N-ethyl adjacent to an activating group) is 1. The molecule has 0 spiro atoms. The van der Waals surface area contributed by atoms with Crippen LogP contribution in [0.15, 0.2) is 24.3 Å². The third-order valence-electron chi connectivity index (χ3n) is 3.71. The largest absolute Gasteiger partial charge is 0.497 e. The first kappa shape index (κ1) is 17.3.